The highest BCUT2D eigenvalue weighted by Crippen LogP contribution is 2.20. The van der Waals surface area contributed by atoms with Gasteiger partial charge in [0, 0.05) is 18.3 Å². The van der Waals surface area contributed by atoms with Crippen molar-refractivity contribution >= 4 is 18.6 Å². The fourth-order valence-corrected chi connectivity index (χ4v) is 1.89. The number of hydrazone groups is 1. The average Bonchev–Trinajstić information content (AvgIpc) is 2.47. The third-order valence-corrected chi connectivity index (χ3v) is 3.14. The van der Waals surface area contributed by atoms with Crippen LogP contribution in [0.1, 0.15) is 47.0 Å². The summed E-state index contributed by atoms with van der Waals surface area (Å²) in [6.45, 7) is 16.5. The molecule has 0 aromatic rings. The Labute approximate surface area is 129 Å². The number of nitrogens with two attached hydrogens (primary N) is 1. The van der Waals surface area contributed by atoms with Crippen molar-refractivity contribution in [1.82, 2.24) is 0 Å². The minimum Gasteiger partial charge on any atom is -0.324 e. The van der Waals surface area contributed by atoms with Gasteiger partial charge in [-0.05, 0) is 59.2 Å². The second kappa shape index (κ2) is 10.8. The Bertz CT molecular complexity index is 475. The average molecular weight is 288 g/mol. The summed E-state index contributed by atoms with van der Waals surface area (Å²) in [7, 11) is 0. The molecule has 0 rings (SSSR count). The lowest BCUT2D eigenvalue weighted by atomic mass is 9.97. The van der Waals surface area contributed by atoms with Crippen molar-refractivity contribution in [2.75, 3.05) is 6.54 Å². The second-order valence-electron chi connectivity index (χ2n) is 5.01. The lowest BCUT2D eigenvalue weighted by molar-refractivity contribution is 0.777. The van der Waals surface area contributed by atoms with Crippen LogP contribution in [0.2, 0.25) is 0 Å². The van der Waals surface area contributed by atoms with E-state index in [9.17, 15) is 0 Å². The maximum atomic E-state index is 5.07. The van der Waals surface area contributed by atoms with E-state index in [1.54, 1.807) is 6.21 Å². The number of nitrogens with zero attached hydrogens (tertiary/aromatic N) is 3. The van der Waals surface area contributed by atoms with Crippen LogP contribution in [0.4, 0.5) is 0 Å². The van der Waals surface area contributed by atoms with E-state index < -0.39 is 0 Å². The maximum absolute atomic E-state index is 5.07. The van der Waals surface area contributed by atoms with Gasteiger partial charge in [-0.15, -0.1) is 0 Å². The summed E-state index contributed by atoms with van der Waals surface area (Å²) >= 11 is 0. The third kappa shape index (κ3) is 6.84. The number of unbranched alkanes of at least 4 members (excludes halogenated alkanes) is 2. The van der Waals surface area contributed by atoms with Crippen LogP contribution < -0.4 is 5.84 Å². The largest absolute Gasteiger partial charge is 0.324 e. The van der Waals surface area contributed by atoms with E-state index in [1.807, 2.05) is 20.8 Å². The molecule has 0 aliphatic heterocycles. The summed E-state index contributed by atoms with van der Waals surface area (Å²) in [6, 6.07) is 0. The molecule has 0 fully saturated rings. The van der Waals surface area contributed by atoms with Crippen LogP contribution in [-0.2, 0) is 0 Å². The first-order valence-electron chi connectivity index (χ1n) is 7.22. The molecule has 21 heavy (non-hydrogen) atoms. The van der Waals surface area contributed by atoms with Gasteiger partial charge in [0.1, 0.15) is 0 Å². The maximum Gasteiger partial charge on any atom is 0.0693 e. The molecule has 4 nitrogen and oxygen atoms in total. The van der Waals surface area contributed by atoms with E-state index in [0.29, 0.717) is 5.70 Å². The molecular formula is C17H28N4. The Morgan fingerprint density at radius 3 is 2.33 bits per heavy atom. The Morgan fingerprint density at radius 1 is 1.19 bits per heavy atom. The molecular weight excluding hydrogens is 260 g/mol. The molecule has 0 unspecified atom stereocenters. The number of hydrogen-bond donors (Lipinski definition) is 1. The van der Waals surface area contributed by atoms with Gasteiger partial charge in [-0.1, -0.05) is 18.2 Å². The number of hydrogen-bond acceptors (Lipinski definition) is 4. The Balaban J connectivity index is 5.16. The molecule has 0 bridgehead atoms. The van der Waals surface area contributed by atoms with Crippen LogP contribution in [-0.4, -0.2) is 25.2 Å². The Kier molecular flexibility index (Phi) is 9.76. The summed E-state index contributed by atoms with van der Waals surface area (Å²) in [6.07, 6.45) is 6.69. The van der Waals surface area contributed by atoms with Crippen molar-refractivity contribution in [3.05, 3.63) is 35.1 Å². The molecule has 0 aromatic heterocycles. The van der Waals surface area contributed by atoms with Crippen molar-refractivity contribution in [1.29, 1.82) is 0 Å². The molecule has 0 saturated carbocycles. The minimum absolute atomic E-state index is 0.671. The molecule has 0 heterocycles. The molecule has 0 aliphatic carbocycles. The van der Waals surface area contributed by atoms with E-state index in [-0.39, 0.29) is 0 Å². The lowest BCUT2D eigenvalue weighted by Gasteiger charge is -2.14. The van der Waals surface area contributed by atoms with Gasteiger partial charge >= 0.3 is 0 Å². The highest BCUT2D eigenvalue weighted by Gasteiger charge is 2.13. The number of rotatable bonds is 9. The second-order valence-corrected chi connectivity index (χ2v) is 5.01. The van der Waals surface area contributed by atoms with Crippen LogP contribution in [0, 0.1) is 0 Å². The van der Waals surface area contributed by atoms with E-state index >= 15 is 0 Å². The van der Waals surface area contributed by atoms with Crippen LogP contribution in [0.15, 0.2) is 50.2 Å². The fraction of sp³-hybridized carbons (Fsp3) is 0.471. The first kappa shape index (κ1) is 19.0. The fourth-order valence-electron chi connectivity index (χ4n) is 1.89. The smallest absolute Gasteiger partial charge is 0.0693 e. The van der Waals surface area contributed by atoms with Crippen molar-refractivity contribution in [3.63, 3.8) is 0 Å². The van der Waals surface area contributed by atoms with Crippen LogP contribution >= 0.6 is 0 Å². The quantitative estimate of drug-likeness (QED) is 0.225. The van der Waals surface area contributed by atoms with Gasteiger partial charge < -0.3 is 5.84 Å². The highest BCUT2D eigenvalue weighted by molar-refractivity contribution is 6.15. The predicted molar refractivity (Wildman–Crippen MR) is 95.3 cm³/mol. The molecule has 0 saturated heterocycles. The van der Waals surface area contributed by atoms with Gasteiger partial charge in [0.15, 0.2) is 0 Å². The molecule has 0 amide bonds. The molecule has 0 radical (unpaired) electrons. The van der Waals surface area contributed by atoms with Crippen LogP contribution in [0.25, 0.3) is 0 Å². The van der Waals surface area contributed by atoms with Gasteiger partial charge in [0.2, 0.25) is 0 Å². The van der Waals surface area contributed by atoms with Crippen molar-refractivity contribution < 1.29 is 0 Å². The number of allylic oxidation sites excluding steroid dienone is 4. The normalized spacial score (nSPS) is 12.6. The number of aliphatic imine (C=N–C) groups is 2. The van der Waals surface area contributed by atoms with Crippen LogP contribution in [0.3, 0.4) is 0 Å². The minimum atomic E-state index is 0.671. The lowest BCUT2D eigenvalue weighted by Crippen LogP contribution is -2.09. The summed E-state index contributed by atoms with van der Waals surface area (Å²) < 4.78 is 0. The SMILES string of the molecule is C=NC(=C)C(C(=NCCCC/C=N/N)/C(C)=C\C)=C(C)C. The zero-order valence-corrected chi connectivity index (χ0v) is 13.8. The first-order chi connectivity index (χ1) is 9.99. The molecule has 0 aliphatic rings. The third-order valence-electron chi connectivity index (χ3n) is 3.14. The molecule has 0 aromatic carbocycles. The van der Waals surface area contributed by atoms with Crippen molar-refractivity contribution in [2.45, 2.75) is 47.0 Å². The molecule has 116 valence electrons. The zero-order valence-electron chi connectivity index (χ0n) is 13.8. The van der Waals surface area contributed by atoms with E-state index in [0.717, 1.165) is 48.2 Å². The summed E-state index contributed by atoms with van der Waals surface area (Å²) in [5.41, 5.74) is 4.89. The van der Waals surface area contributed by atoms with E-state index in [1.165, 1.54) is 0 Å². The van der Waals surface area contributed by atoms with Gasteiger partial charge in [-0.2, -0.15) is 5.10 Å². The predicted octanol–water partition coefficient (Wildman–Crippen LogP) is 4.06. The standard InChI is InChI=1S/C17H28N4/c1-7-14(4)17(16(13(2)3)15(5)19-6)20-11-9-8-10-12-21-18/h7,12H,5-6,8-11,18H2,1-4H3/b14-7-,20-17?,21-12+. The van der Waals surface area contributed by atoms with E-state index in [2.05, 4.69) is 36.4 Å². The van der Waals surface area contributed by atoms with Crippen molar-refractivity contribution in [3.8, 4) is 0 Å². The molecule has 2 N–H and O–H groups in total. The van der Waals surface area contributed by atoms with Crippen molar-refractivity contribution in [2.24, 2.45) is 20.9 Å². The summed E-state index contributed by atoms with van der Waals surface area (Å²) in [5, 5.41) is 3.49. The first-order valence-corrected chi connectivity index (χ1v) is 7.22. The van der Waals surface area contributed by atoms with E-state index in [4.69, 9.17) is 10.8 Å². The zero-order chi connectivity index (χ0) is 16.3. The van der Waals surface area contributed by atoms with Gasteiger partial charge in [0.05, 0.1) is 11.4 Å². The summed E-state index contributed by atoms with van der Waals surface area (Å²) in [4.78, 5) is 8.72. The topological polar surface area (TPSA) is 63.1 Å². The Hall–Kier alpha value is -1.97. The van der Waals surface area contributed by atoms with Gasteiger partial charge in [-0.25, -0.2) is 0 Å². The Morgan fingerprint density at radius 2 is 1.86 bits per heavy atom. The van der Waals surface area contributed by atoms with Gasteiger partial charge in [-0.3, -0.25) is 9.98 Å². The van der Waals surface area contributed by atoms with Crippen LogP contribution in [0.5, 0.6) is 0 Å². The molecule has 0 atom stereocenters. The molecule has 4 heteroatoms. The molecule has 0 spiro atoms. The monoisotopic (exact) mass is 288 g/mol. The summed E-state index contributed by atoms with van der Waals surface area (Å²) in [5.74, 6) is 5.07. The van der Waals surface area contributed by atoms with Gasteiger partial charge in [0.25, 0.3) is 0 Å². The highest BCUT2D eigenvalue weighted by atomic mass is 15.1.